The van der Waals surface area contributed by atoms with E-state index in [4.69, 9.17) is 16.3 Å². The Hall–Kier alpha value is -1.35. The van der Waals surface area contributed by atoms with Gasteiger partial charge in [-0.15, -0.1) is 0 Å². The van der Waals surface area contributed by atoms with Gasteiger partial charge in [0.1, 0.15) is 6.61 Å². The highest BCUT2D eigenvalue weighted by molar-refractivity contribution is 7.89. The molecule has 1 amide bonds. The third-order valence-corrected chi connectivity index (χ3v) is 9.82. The average Bonchev–Trinajstić information content (AvgIpc) is 3.23. The van der Waals surface area contributed by atoms with Crippen LogP contribution in [0.15, 0.2) is 23.1 Å². The molecule has 7 nitrogen and oxygen atoms in total. The monoisotopic (exact) mass is 481 g/mol. The Bertz CT molecular complexity index is 964. The fourth-order valence-corrected chi connectivity index (χ4v) is 8.18. The van der Waals surface area contributed by atoms with E-state index in [1.165, 1.54) is 25.7 Å². The Kier molecular flexibility index (Phi) is 6.40. The molecule has 1 unspecified atom stereocenters. The van der Waals surface area contributed by atoms with Crippen molar-refractivity contribution in [3.05, 3.63) is 28.8 Å². The largest absolute Gasteiger partial charge is 0.448 e. The zero-order chi connectivity index (χ0) is 22.3. The van der Waals surface area contributed by atoms with E-state index in [2.05, 4.69) is 4.90 Å². The molecule has 3 saturated heterocycles. The lowest BCUT2D eigenvalue weighted by atomic mass is 9.94. The van der Waals surface area contributed by atoms with Gasteiger partial charge in [-0.25, -0.2) is 13.2 Å². The molecule has 4 aliphatic rings. The second kappa shape index (κ2) is 9.12. The highest BCUT2D eigenvalue weighted by Crippen LogP contribution is 2.47. The molecule has 3 fully saturated rings. The number of carbonyl (C=O) groups is 1. The minimum atomic E-state index is -3.60. The number of halogens is 1. The Balaban J connectivity index is 1.21. The Morgan fingerprint density at radius 3 is 2.59 bits per heavy atom. The van der Waals surface area contributed by atoms with Crippen LogP contribution in [0.25, 0.3) is 0 Å². The predicted octanol–water partition coefficient (Wildman–Crippen LogP) is 4.02. The van der Waals surface area contributed by atoms with Gasteiger partial charge < -0.3 is 9.64 Å². The maximum Gasteiger partial charge on any atom is 0.409 e. The first-order chi connectivity index (χ1) is 15.4. The van der Waals surface area contributed by atoms with Gasteiger partial charge in [-0.05, 0) is 75.4 Å². The zero-order valence-corrected chi connectivity index (χ0v) is 20.0. The molecule has 3 atom stereocenters. The van der Waals surface area contributed by atoms with Gasteiger partial charge in [0.15, 0.2) is 0 Å². The molecule has 9 heteroatoms. The van der Waals surface area contributed by atoms with Crippen LogP contribution in [0.5, 0.6) is 0 Å². The number of rotatable bonds is 3. The Morgan fingerprint density at radius 2 is 1.81 bits per heavy atom. The van der Waals surface area contributed by atoms with Crippen LogP contribution in [-0.2, 0) is 14.8 Å². The molecule has 176 valence electrons. The number of benzene rings is 1. The van der Waals surface area contributed by atoms with Crippen LogP contribution in [0, 0.1) is 0 Å². The maximum absolute atomic E-state index is 13.2. The summed E-state index contributed by atoms with van der Waals surface area (Å²) in [4.78, 5) is 17.5. The summed E-state index contributed by atoms with van der Waals surface area (Å²) in [6, 6.07) is 4.85. The Labute approximate surface area is 195 Å². The molecule has 0 spiro atoms. The van der Waals surface area contributed by atoms with Crippen molar-refractivity contribution in [3.63, 3.8) is 0 Å². The van der Waals surface area contributed by atoms with E-state index in [9.17, 15) is 13.2 Å². The quantitative estimate of drug-likeness (QED) is 0.652. The molecule has 0 aromatic heterocycles. The molecule has 0 saturated carbocycles. The fourth-order valence-electron chi connectivity index (χ4n) is 5.92. The molecular formula is C23H32ClN3O4S. The molecule has 0 bridgehead atoms. The number of hydrogen-bond donors (Lipinski definition) is 0. The van der Waals surface area contributed by atoms with Gasteiger partial charge in [0.25, 0.3) is 0 Å². The minimum absolute atomic E-state index is 0.0984. The highest BCUT2D eigenvalue weighted by atomic mass is 35.5. The van der Waals surface area contributed by atoms with Gasteiger partial charge in [0, 0.05) is 24.2 Å². The van der Waals surface area contributed by atoms with Crippen LogP contribution in [0.4, 0.5) is 4.79 Å². The predicted molar refractivity (Wildman–Crippen MR) is 122 cm³/mol. The van der Waals surface area contributed by atoms with Crippen LogP contribution >= 0.6 is 11.6 Å². The Morgan fingerprint density at radius 1 is 1.03 bits per heavy atom. The smallest absolute Gasteiger partial charge is 0.409 e. The summed E-state index contributed by atoms with van der Waals surface area (Å²) in [5.74, 6) is 0. The third kappa shape index (κ3) is 4.15. The lowest BCUT2D eigenvalue weighted by Crippen LogP contribution is -2.45. The van der Waals surface area contributed by atoms with Crippen molar-refractivity contribution < 1.29 is 17.9 Å². The normalized spacial score (nSPS) is 30.5. The van der Waals surface area contributed by atoms with E-state index in [0.717, 1.165) is 37.9 Å². The van der Waals surface area contributed by atoms with Crippen LogP contribution in [0.1, 0.15) is 63.0 Å². The molecule has 1 aromatic carbocycles. The molecule has 32 heavy (non-hydrogen) atoms. The summed E-state index contributed by atoms with van der Waals surface area (Å²) in [7, 11) is -3.60. The topological polar surface area (TPSA) is 70.2 Å². The number of piperidine rings is 1. The number of likely N-dealkylation sites (tertiary alicyclic amines) is 2. The van der Waals surface area contributed by atoms with Crippen LogP contribution < -0.4 is 0 Å². The van der Waals surface area contributed by atoms with Crippen molar-refractivity contribution in [2.24, 2.45) is 0 Å². The third-order valence-electron chi connectivity index (χ3n) is 7.55. The van der Waals surface area contributed by atoms with Crippen molar-refractivity contribution in [1.82, 2.24) is 14.1 Å². The molecular weight excluding hydrogens is 450 g/mol. The molecule has 0 radical (unpaired) electrons. The zero-order valence-electron chi connectivity index (χ0n) is 18.4. The summed E-state index contributed by atoms with van der Waals surface area (Å²) in [5.41, 5.74) is 0.772. The van der Waals surface area contributed by atoms with Crippen molar-refractivity contribution >= 4 is 27.7 Å². The van der Waals surface area contributed by atoms with E-state index < -0.39 is 10.0 Å². The summed E-state index contributed by atoms with van der Waals surface area (Å²) >= 11 is 6.14. The second-order valence-electron chi connectivity index (χ2n) is 9.53. The number of carbonyl (C=O) groups excluding carboxylic acids is 1. The number of nitrogens with zero attached hydrogens (tertiary/aromatic N) is 3. The molecule has 0 N–H and O–H groups in total. The van der Waals surface area contributed by atoms with Crippen molar-refractivity contribution in [2.45, 2.75) is 74.4 Å². The van der Waals surface area contributed by atoms with Gasteiger partial charge in [0.05, 0.1) is 17.0 Å². The van der Waals surface area contributed by atoms with Crippen molar-refractivity contribution in [2.75, 3.05) is 32.8 Å². The molecule has 4 aliphatic heterocycles. The van der Waals surface area contributed by atoms with Crippen molar-refractivity contribution in [3.8, 4) is 0 Å². The fraction of sp³-hybridized carbons (Fsp3) is 0.696. The second-order valence-corrected chi connectivity index (χ2v) is 11.8. The van der Waals surface area contributed by atoms with Crippen LogP contribution in [-0.4, -0.2) is 73.5 Å². The first-order valence-corrected chi connectivity index (χ1v) is 13.8. The first kappa shape index (κ1) is 22.4. The average molecular weight is 482 g/mol. The maximum atomic E-state index is 13.2. The van der Waals surface area contributed by atoms with E-state index in [1.807, 2.05) is 0 Å². The summed E-state index contributed by atoms with van der Waals surface area (Å²) in [5, 5.41) is 0.544. The lowest BCUT2D eigenvalue weighted by Gasteiger charge is -2.36. The molecule has 5 rings (SSSR count). The number of hydrogen-bond acceptors (Lipinski definition) is 5. The number of ether oxygens (including phenoxy) is 1. The van der Waals surface area contributed by atoms with E-state index >= 15 is 0 Å². The molecule has 4 heterocycles. The summed E-state index contributed by atoms with van der Waals surface area (Å²) in [6.45, 7) is 3.75. The first-order valence-electron chi connectivity index (χ1n) is 11.9. The van der Waals surface area contributed by atoms with Crippen molar-refractivity contribution in [1.29, 1.82) is 0 Å². The summed E-state index contributed by atoms with van der Waals surface area (Å²) < 4.78 is 33.7. The highest BCUT2D eigenvalue weighted by Gasteiger charge is 2.48. The van der Waals surface area contributed by atoms with E-state index in [1.54, 1.807) is 27.4 Å². The molecule has 0 aliphatic carbocycles. The summed E-state index contributed by atoms with van der Waals surface area (Å²) in [6.07, 6.45) is 8.09. The number of fused-ring (bicyclic) bond motifs is 3. The number of amides is 1. The van der Waals surface area contributed by atoms with Gasteiger partial charge >= 0.3 is 6.09 Å². The van der Waals surface area contributed by atoms with Crippen LogP contribution in [0.3, 0.4) is 0 Å². The van der Waals surface area contributed by atoms with E-state index in [-0.39, 0.29) is 24.8 Å². The minimum Gasteiger partial charge on any atom is -0.448 e. The van der Waals surface area contributed by atoms with Crippen LogP contribution in [0.2, 0.25) is 5.02 Å². The lowest BCUT2D eigenvalue weighted by molar-refractivity contribution is 0.0668. The molecule has 1 aromatic rings. The van der Waals surface area contributed by atoms with Gasteiger partial charge in [-0.2, -0.15) is 4.31 Å². The SMILES string of the molecule is O=C(OC[C@H]1CCC[C@H]2c3cc(Cl)ccc3S(=O)(=O)N12)N1CCC(N2CCCCCC2)C1. The van der Waals surface area contributed by atoms with Gasteiger partial charge in [-0.1, -0.05) is 24.4 Å². The van der Waals surface area contributed by atoms with Gasteiger partial charge in [-0.3, -0.25) is 4.90 Å². The number of sulfonamides is 1. The van der Waals surface area contributed by atoms with Gasteiger partial charge in [0.2, 0.25) is 10.0 Å². The standard InChI is InChI=1S/C23H32ClN3O4S/c24-17-8-9-22-20(14-17)21-7-5-6-19(27(21)32(22,29)30)16-31-23(28)26-13-10-18(15-26)25-11-3-1-2-4-12-25/h8-9,14,18-19,21H,1-7,10-13,15-16H2/t18?,19-,21+/m1/s1. The van der Waals surface area contributed by atoms with E-state index in [0.29, 0.717) is 35.5 Å².